The van der Waals surface area contributed by atoms with Crippen molar-refractivity contribution < 1.29 is 14.3 Å². The second kappa shape index (κ2) is 11.0. The molecule has 3 rings (SSSR count). The van der Waals surface area contributed by atoms with Crippen molar-refractivity contribution in [2.75, 3.05) is 38.6 Å². The van der Waals surface area contributed by atoms with E-state index in [1.807, 2.05) is 61.3 Å². The molecule has 1 N–H and O–H groups in total. The lowest BCUT2D eigenvalue weighted by atomic mass is 10.0. The van der Waals surface area contributed by atoms with Crippen LogP contribution in [0.15, 0.2) is 48.5 Å². The Morgan fingerprint density at radius 3 is 2.50 bits per heavy atom. The molecule has 0 fully saturated rings. The van der Waals surface area contributed by atoms with Gasteiger partial charge in [-0.25, -0.2) is 0 Å². The zero-order chi connectivity index (χ0) is 23.1. The number of carbonyl (C=O) groups is 2. The Balaban J connectivity index is 1.79. The third-order valence-electron chi connectivity index (χ3n) is 6.00. The quantitative estimate of drug-likeness (QED) is 0.779. The van der Waals surface area contributed by atoms with Crippen LogP contribution in [-0.2, 0) is 4.79 Å². The molecule has 172 valence electrons. The average Bonchev–Trinajstić information content (AvgIpc) is 2.78. The summed E-state index contributed by atoms with van der Waals surface area (Å²) in [4.78, 5) is 29.8. The highest BCUT2D eigenvalue weighted by Crippen LogP contribution is 2.23. The third-order valence-corrected chi connectivity index (χ3v) is 6.00. The molecule has 0 aromatic heterocycles. The summed E-state index contributed by atoms with van der Waals surface area (Å²) in [5, 5.41) is 3.26. The summed E-state index contributed by atoms with van der Waals surface area (Å²) < 4.78 is 6.15. The Morgan fingerprint density at radius 2 is 1.78 bits per heavy atom. The molecule has 2 amide bonds. The molecule has 0 bridgehead atoms. The number of rotatable bonds is 4. The van der Waals surface area contributed by atoms with Crippen LogP contribution in [0.5, 0.6) is 5.75 Å². The molecule has 6 nitrogen and oxygen atoms in total. The number of hydrogen-bond acceptors (Lipinski definition) is 4. The number of amides is 2. The molecule has 1 aliphatic rings. The minimum atomic E-state index is -0.0809. The van der Waals surface area contributed by atoms with Gasteiger partial charge in [-0.3, -0.25) is 9.59 Å². The van der Waals surface area contributed by atoms with Crippen LogP contribution in [-0.4, -0.2) is 60.9 Å². The van der Waals surface area contributed by atoms with Crippen molar-refractivity contribution in [3.05, 3.63) is 59.7 Å². The first-order chi connectivity index (χ1) is 15.4. The number of hydrogen-bond donors (Lipinski definition) is 1. The number of para-hydroxylation sites is 1. The van der Waals surface area contributed by atoms with Gasteiger partial charge in [0.15, 0.2) is 0 Å². The number of nitrogens with zero attached hydrogens (tertiary/aromatic N) is 2. The van der Waals surface area contributed by atoms with Gasteiger partial charge in [0.25, 0.3) is 5.91 Å². The molecule has 0 unspecified atom stereocenters. The van der Waals surface area contributed by atoms with Crippen molar-refractivity contribution in [1.82, 2.24) is 9.80 Å². The standard InChI is InChI=1S/C26H35N3O3/c1-19(2)23-18-32-24-10-6-5-9-22(24)26(31)28(4)15-7-8-16-29(23)25(30)17-27-21-13-11-20(3)12-14-21/h5-6,9-14,19,23,27H,7-8,15-18H2,1-4H3/t23-/m1/s1. The van der Waals surface area contributed by atoms with Crippen molar-refractivity contribution in [3.63, 3.8) is 0 Å². The first-order valence-electron chi connectivity index (χ1n) is 11.4. The van der Waals surface area contributed by atoms with Crippen LogP contribution in [0, 0.1) is 12.8 Å². The molecule has 0 saturated carbocycles. The maximum Gasteiger partial charge on any atom is 0.257 e. The Kier molecular flexibility index (Phi) is 8.14. The van der Waals surface area contributed by atoms with E-state index in [-0.39, 0.29) is 30.3 Å². The normalized spacial score (nSPS) is 17.8. The highest BCUT2D eigenvalue weighted by molar-refractivity contribution is 5.96. The Hall–Kier alpha value is -3.02. The number of anilines is 1. The van der Waals surface area contributed by atoms with Gasteiger partial charge in [0.05, 0.1) is 18.2 Å². The third kappa shape index (κ3) is 6.02. The molecular formula is C26H35N3O3. The van der Waals surface area contributed by atoms with Crippen LogP contribution in [0.1, 0.15) is 42.6 Å². The lowest BCUT2D eigenvalue weighted by Gasteiger charge is -2.35. The smallest absolute Gasteiger partial charge is 0.257 e. The van der Waals surface area contributed by atoms with Gasteiger partial charge in [-0.1, -0.05) is 43.7 Å². The second-order valence-electron chi connectivity index (χ2n) is 8.86. The summed E-state index contributed by atoms with van der Waals surface area (Å²) in [6, 6.07) is 15.3. The molecule has 0 radical (unpaired) electrons. The molecule has 2 aromatic rings. The van der Waals surface area contributed by atoms with Crippen LogP contribution in [0.3, 0.4) is 0 Å². The average molecular weight is 438 g/mol. The van der Waals surface area contributed by atoms with E-state index in [1.165, 1.54) is 5.56 Å². The van der Waals surface area contributed by atoms with E-state index >= 15 is 0 Å². The predicted molar refractivity (Wildman–Crippen MR) is 128 cm³/mol. The molecule has 0 aliphatic carbocycles. The fraction of sp³-hybridized carbons (Fsp3) is 0.462. The van der Waals surface area contributed by atoms with Gasteiger partial charge >= 0.3 is 0 Å². The fourth-order valence-corrected chi connectivity index (χ4v) is 3.95. The highest BCUT2D eigenvalue weighted by atomic mass is 16.5. The van der Waals surface area contributed by atoms with Crippen molar-refractivity contribution in [1.29, 1.82) is 0 Å². The molecule has 2 aromatic carbocycles. The van der Waals surface area contributed by atoms with Gasteiger partial charge in [0.1, 0.15) is 12.4 Å². The Morgan fingerprint density at radius 1 is 1.09 bits per heavy atom. The predicted octanol–water partition coefficient (Wildman–Crippen LogP) is 4.20. The summed E-state index contributed by atoms with van der Waals surface area (Å²) in [6.07, 6.45) is 1.67. The number of ether oxygens (including phenoxy) is 1. The van der Waals surface area contributed by atoms with Crippen molar-refractivity contribution in [2.24, 2.45) is 5.92 Å². The van der Waals surface area contributed by atoms with E-state index in [4.69, 9.17) is 4.74 Å². The first-order valence-corrected chi connectivity index (χ1v) is 11.4. The second-order valence-corrected chi connectivity index (χ2v) is 8.86. The van der Waals surface area contributed by atoms with Crippen molar-refractivity contribution in [3.8, 4) is 5.75 Å². The van der Waals surface area contributed by atoms with Gasteiger partial charge in [0, 0.05) is 25.8 Å². The number of carbonyl (C=O) groups excluding carboxylic acids is 2. The number of nitrogens with one attached hydrogen (secondary N) is 1. The molecule has 1 aliphatic heterocycles. The number of aryl methyl sites for hydroxylation is 1. The molecular weight excluding hydrogens is 402 g/mol. The van der Waals surface area contributed by atoms with E-state index in [0.29, 0.717) is 31.0 Å². The van der Waals surface area contributed by atoms with Crippen LogP contribution < -0.4 is 10.1 Å². The van der Waals surface area contributed by atoms with E-state index in [0.717, 1.165) is 18.5 Å². The molecule has 1 heterocycles. The Bertz CT molecular complexity index is 911. The Labute approximate surface area is 191 Å². The van der Waals surface area contributed by atoms with Crippen LogP contribution in [0.4, 0.5) is 5.69 Å². The molecule has 6 heteroatoms. The molecule has 32 heavy (non-hydrogen) atoms. The summed E-state index contributed by atoms with van der Waals surface area (Å²) in [7, 11) is 1.82. The maximum atomic E-state index is 13.3. The van der Waals surface area contributed by atoms with Gasteiger partial charge < -0.3 is 19.9 Å². The first kappa shape index (κ1) is 23.6. The minimum absolute atomic E-state index is 0.0301. The maximum absolute atomic E-state index is 13.3. The monoisotopic (exact) mass is 437 g/mol. The van der Waals surface area contributed by atoms with Gasteiger partial charge in [-0.2, -0.15) is 0 Å². The highest BCUT2D eigenvalue weighted by Gasteiger charge is 2.28. The zero-order valence-electron chi connectivity index (χ0n) is 19.6. The largest absolute Gasteiger partial charge is 0.491 e. The summed E-state index contributed by atoms with van der Waals surface area (Å²) >= 11 is 0. The lowest BCUT2D eigenvalue weighted by Crippen LogP contribution is -2.49. The number of benzene rings is 2. The van der Waals surface area contributed by atoms with Crippen molar-refractivity contribution in [2.45, 2.75) is 39.7 Å². The van der Waals surface area contributed by atoms with E-state index in [1.54, 1.807) is 11.0 Å². The molecule has 0 saturated heterocycles. The molecule has 0 spiro atoms. The van der Waals surface area contributed by atoms with Gasteiger partial charge in [0.2, 0.25) is 5.91 Å². The van der Waals surface area contributed by atoms with Crippen LogP contribution >= 0.6 is 0 Å². The fourth-order valence-electron chi connectivity index (χ4n) is 3.95. The summed E-state index contributed by atoms with van der Waals surface area (Å²) in [6.45, 7) is 8.13. The number of fused-ring (bicyclic) bond motifs is 1. The van der Waals surface area contributed by atoms with Crippen LogP contribution in [0.25, 0.3) is 0 Å². The topological polar surface area (TPSA) is 61.9 Å². The summed E-state index contributed by atoms with van der Waals surface area (Å²) in [5.41, 5.74) is 2.69. The minimum Gasteiger partial charge on any atom is -0.491 e. The zero-order valence-corrected chi connectivity index (χ0v) is 19.6. The van der Waals surface area contributed by atoms with E-state index in [2.05, 4.69) is 19.2 Å². The van der Waals surface area contributed by atoms with Gasteiger partial charge in [-0.05, 0) is 49.9 Å². The van der Waals surface area contributed by atoms with Crippen LogP contribution in [0.2, 0.25) is 0 Å². The SMILES string of the molecule is Cc1ccc(NCC(=O)N2CCCCN(C)C(=O)c3ccccc3OC[C@@H]2C(C)C)cc1. The van der Waals surface area contributed by atoms with Crippen molar-refractivity contribution >= 4 is 17.5 Å². The van der Waals surface area contributed by atoms with Gasteiger partial charge in [-0.15, -0.1) is 0 Å². The summed E-state index contributed by atoms with van der Waals surface area (Å²) in [5.74, 6) is 0.813. The van der Waals surface area contributed by atoms with E-state index < -0.39 is 0 Å². The molecule has 1 atom stereocenters. The van der Waals surface area contributed by atoms with E-state index in [9.17, 15) is 9.59 Å². The lowest BCUT2D eigenvalue weighted by molar-refractivity contribution is -0.133.